The van der Waals surface area contributed by atoms with Gasteiger partial charge in [0.1, 0.15) is 11.4 Å². The van der Waals surface area contributed by atoms with Crippen LogP contribution in [-0.2, 0) is 4.74 Å². The number of ether oxygens (including phenoxy) is 2. The second kappa shape index (κ2) is 4.99. The van der Waals surface area contributed by atoms with Gasteiger partial charge in [0.25, 0.3) is 0 Å². The van der Waals surface area contributed by atoms with Crippen LogP contribution in [0.3, 0.4) is 0 Å². The van der Waals surface area contributed by atoms with E-state index >= 15 is 0 Å². The zero-order valence-corrected chi connectivity index (χ0v) is 10.4. The van der Waals surface area contributed by atoms with Crippen LogP contribution in [0.1, 0.15) is 38.1 Å². The van der Waals surface area contributed by atoms with Crippen molar-refractivity contribution in [1.82, 2.24) is 0 Å². The third-order valence-electron chi connectivity index (χ3n) is 1.85. The molecule has 92 valence electrons. The van der Waals surface area contributed by atoms with E-state index in [1.807, 2.05) is 0 Å². The van der Waals surface area contributed by atoms with Crippen molar-refractivity contribution in [3.05, 3.63) is 29.8 Å². The lowest BCUT2D eigenvalue weighted by atomic mass is 10.1. The van der Waals surface area contributed by atoms with E-state index in [9.17, 15) is 9.59 Å². The maximum absolute atomic E-state index is 11.4. The van der Waals surface area contributed by atoms with Crippen molar-refractivity contribution >= 4 is 11.9 Å². The van der Waals surface area contributed by atoms with Crippen molar-refractivity contribution in [1.29, 1.82) is 0 Å². The van der Waals surface area contributed by atoms with Gasteiger partial charge in [-0.05, 0) is 39.8 Å². The first-order valence-electron chi connectivity index (χ1n) is 5.30. The van der Waals surface area contributed by atoms with Crippen molar-refractivity contribution < 1.29 is 19.1 Å². The summed E-state index contributed by atoms with van der Waals surface area (Å²) in [7, 11) is 0. The molecule has 1 aromatic rings. The molecule has 0 saturated heterocycles. The Morgan fingerprint density at radius 1 is 1.12 bits per heavy atom. The van der Waals surface area contributed by atoms with Crippen LogP contribution in [0.25, 0.3) is 0 Å². The van der Waals surface area contributed by atoms with Gasteiger partial charge in [-0.1, -0.05) is 12.1 Å². The van der Waals surface area contributed by atoms with E-state index in [0.717, 1.165) is 0 Å². The Hall–Kier alpha value is -1.84. The molecule has 0 saturated carbocycles. The fourth-order valence-corrected chi connectivity index (χ4v) is 1.21. The van der Waals surface area contributed by atoms with Gasteiger partial charge in [-0.3, -0.25) is 4.79 Å². The smallest absolute Gasteiger partial charge is 0.428 e. The van der Waals surface area contributed by atoms with Gasteiger partial charge < -0.3 is 9.47 Å². The lowest BCUT2D eigenvalue weighted by Crippen LogP contribution is -2.26. The third kappa shape index (κ3) is 4.26. The average Bonchev–Trinajstić information content (AvgIpc) is 2.14. The molecule has 0 heterocycles. The summed E-state index contributed by atoms with van der Waals surface area (Å²) in [6.45, 7) is 6.64. The number of ketones is 1. The van der Waals surface area contributed by atoms with Crippen LogP contribution < -0.4 is 4.74 Å². The van der Waals surface area contributed by atoms with Crippen LogP contribution in [0.4, 0.5) is 4.79 Å². The number of carbonyl (C=O) groups excluding carboxylic acids is 2. The molecule has 0 aromatic heterocycles. The third-order valence-corrected chi connectivity index (χ3v) is 1.85. The largest absolute Gasteiger partial charge is 0.514 e. The first-order valence-corrected chi connectivity index (χ1v) is 5.30. The monoisotopic (exact) mass is 236 g/mol. The number of Topliss-reactive ketones (excluding diaryl/α,β-unsaturated/α-hetero) is 1. The van der Waals surface area contributed by atoms with Crippen molar-refractivity contribution in [2.24, 2.45) is 0 Å². The van der Waals surface area contributed by atoms with Gasteiger partial charge in [0.2, 0.25) is 0 Å². The van der Waals surface area contributed by atoms with E-state index in [1.54, 1.807) is 45.0 Å². The molecule has 0 aliphatic rings. The summed E-state index contributed by atoms with van der Waals surface area (Å²) in [5, 5.41) is 0. The number of hydrogen-bond acceptors (Lipinski definition) is 4. The fourth-order valence-electron chi connectivity index (χ4n) is 1.21. The van der Waals surface area contributed by atoms with Crippen LogP contribution in [0.5, 0.6) is 5.75 Å². The average molecular weight is 236 g/mol. The Kier molecular flexibility index (Phi) is 3.89. The molecule has 0 N–H and O–H groups in total. The summed E-state index contributed by atoms with van der Waals surface area (Å²) < 4.78 is 10.0. The second-order valence-corrected chi connectivity index (χ2v) is 4.62. The van der Waals surface area contributed by atoms with Crippen molar-refractivity contribution in [2.75, 3.05) is 0 Å². The minimum absolute atomic E-state index is 0.163. The summed E-state index contributed by atoms with van der Waals surface area (Å²) in [5.41, 5.74) is -0.263. The van der Waals surface area contributed by atoms with Gasteiger partial charge in [-0.2, -0.15) is 0 Å². The predicted octanol–water partition coefficient (Wildman–Crippen LogP) is 3.20. The van der Waals surface area contributed by atoms with Gasteiger partial charge >= 0.3 is 6.16 Å². The van der Waals surface area contributed by atoms with Crippen molar-refractivity contribution in [2.45, 2.75) is 33.3 Å². The highest BCUT2D eigenvalue weighted by Gasteiger charge is 2.19. The Labute approximate surface area is 101 Å². The van der Waals surface area contributed by atoms with E-state index in [4.69, 9.17) is 9.47 Å². The highest BCUT2D eigenvalue weighted by molar-refractivity contribution is 5.97. The zero-order valence-electron chi connectivity index (χ0n) is 10.4. The van der Waals surface area contributed by atoms with Crippen LogP contribution in [-0.4, -0.2) is 17.5 Å². The van der Waals surface area contributed by atoms with Crippen LogP contribution in [0, 0.1) is 0 Å². The van der Waals surface area contributed by atoms with E-state index < -0.39 is 11.8 Å². The topological polar surface area (TPSA) is 52.6 Å². The molecule has 4 nitrogen and oxygen atoms in total. The van der Waals surface area contributed by atoms with Crippen LogP contribution in [0.2, 0.25) is 0 Å². The lowest BCUT2D eigenvalue weighted by Gasteiger charge is -2.19. The normalized spacial score (nSPS) is 10.8. The Balaban J connectivity index is 2.82. The summed E-state index contributed by atoms with van der Waals surface area (Å²) in [6, 6.07) is 6.55. The number of carbonyl (C=O) groups is 2. The minimum atomic E-state index is -0.814. The highest BCUT2D eigenvalue weighted by Crippen LogP contribution is 2.20. The van der Waals surface area contributed by atoms with Gasteiger partial charge in [-0.15, -0.1) is 0 Å². The van der Waals surface area contributed by atoms with E-state index in [1.165, 1.54) is 6.92 Å². The minimum Gasteiger partial charge on any atom is -0.428 e. The van der Waals surface area contributed by atoms with Gasteiger partial charge in [0.15, 0.2) is 5.78 Å². The van der Waals surface area contributed by atoms with E-state index in [0.29, 0.717) is 5.56 Å². The Bertz CT molecular complexity index is 429. The first kappa shape index (κ1) is 13.2. The second-order valence-electron chi connectivity index (χ2n) is 4.62. The zero-order chi connectivity index (χ0) is 13.1. The molecule has 0 amide bonds. The van der Waals surface area contributed by atoms with Gasteiger partial charge in [-0.25, -0.2) is 4.79 Å². The molecule has 0 radical (unpaired) electrons. The summed E-state index contributed by atoms with van der Waals surface area (Å²) in [4.78, 5) is 22.7. The fraction of sp³-hybridized carbons (Fsp3) is 0.385. The molecule has 0 bridgehead atoms. The summed E-state index contributed by atoms with van der Waals surface area (Å²) >= 11 is 0. The molecule has 0 fully saturated rings. The molecule has 0 atom stereocenters. The number of benzene rings is 1. The number of hydrogen-bond donors (Lipinski definition) is 0. The van der Waals surface area contributed by atoms with Crippen LogP contribution in [0.15, 0.2) is 24.3 Å². The van der Waals surface area contributed by atoms with Crippen molar-refractivity contribution in [3.8, 4) is 5.75 Å². The highest BCUT2D eigenvalue weighted by atomic mass is 16.7. The van der Waals surface area contributed by atoms with Gasteiger partial charge in [0.05, 0.1) is 5.56 Å². The number of rotatable bonds is 2. The standard InChI is InChI=1S/C13H16O4/c1-9(14)10-7-5-6-8-11(10)16-12(15)17-13(2,3)4/h5-8H,1-4H3. The first-order chi connectivity index (χ1) is 7.79. The van der Waals surface area contributed by atoms with E-state index in [-0.39, 0.29) is 11.5 Å². The summed E-state index contributed by atoms with van der Waals surface area (Å²) in [6.07, 6.45) is -0.814. The Morgan fingerprint density at radius 3 is 2.24 bits per heavy atom. The molecule has 17 heavy (non-hydrogen) atoms. The van der Waals surface area contributed by atoms with Gasteiger partial charge in [0, 0.05) is 0 Å². The molecule has 0 aliphatic heterocycles. The predicted molar refractivity (Wildman–Crippen MR) is 63.3 cm³/mol. The Morgan fingerprint density at radius 2 is 1.71 bits per heavy atom. The maximum Gasteiger partial charge on any atom is 0.514 e. The molecule has 4 heteroatoms. The maximum atomic E-state index is 11.4. The summed E-state index contributed by atoms with van der Waals surface area (Å²) in [5.74, 6) is 0.0541. The SMILES string of the molecule is CC(=O)c1ccccc1OC(=O)OC(C)(C)C. The van der Waals surface area contributed by atoms with E-state index in [2.05, 4.69) is 0 Å². The molecule has 1 aromatic carbocycles. The van der Waals surface area contributed by atoms with Crippen LogP contribution >= 0.6 is 0 Å². The molecule has 0 spiro atoms. The van der Waals surface area contributed by atoms with Crippen molar-refractivity contribution in [3.63, 3.8) is 0 Å². The number of para-hydroxylation sites is 1. The lowest BCUT2D eigenvalue weighted by molar-refractivity contribution is 0.0205. The molecule has 1 rings (SSSR count). The molecule has 0 aliphatic carbocycles. The quantitative estimate of drug-likeness (QED) is 0.449. The molecule has 0 unspecified atom stereocenters. The molecular formula is C13H16O4. The molecular weight excluding hydrogens is 220 g/mol.